The van der Waals surface area contributed by atoms with E-state index in [1.165, 1.54) is 12.8 Å². The van der Waals surface area contributed by atoms with Gasteiger partial charge in [0.25, 0.3) is 0 Å². The fraction of sp³-hybridized carbons (Fsp3) is 0.929. The lowest BCUT2D eigenvalue weighted by atomic mass is 9.75. The van der Waals surface area contributed by atoms with Crippen molar-refractivity contribution in [1.82, 2.24) is 0 Å². The number of rotatable bonds is 7. The summed E-state index contributed by atoms with van der Waals surface area (Å²) in [6, 6.07) is 0. The minimum atomic E-state index is -0.637. The predicted molar refractivity (Wildman–Crippen MR) is 67.8 cm³/mol. The summed E-state index contributed by atoms with van der Waals surface area (Å²) in [6.07, 6.45) is 5.06. The molecule has 1 rings (SSSR count). The first-order chi connectivity index (χ1) is 8.24. The molecule has 2 atom stereocenters. The van der Waals surface area contributed by atoms with Crippen LogP contribution in [0.25, 0.3) is 0 Å². The van der Waals surface area contributed by atoms with E-state index < -0.39 is 6.29 Å². The molecule has 0 aromatic heterocycles. The molecule has 0 spiro atoms. The highest BCUT2D eigenvalue weighted by Gasteiger charge is 2.34. The topological polar surface area (TPSA) is 35.5 Å². The number of carbonyl (C=O) groups excluding carboxylic acids is 1. The number of carbonyl (C=O) groups is 1. The standard InChI is InChI=1S/C14H26O3/c1-4-11-9-7-8-10-12(11)13(15)14(16-5-2)17-6-3/h11-12,14H,4-10H2,1-3H3. The van der Waals surface area contributed by atoms with Crippen molar-refractivity contribution < 1.29 is 14.3 Å². The largest absolute Gasteiger partial charge is 0.346 e. The van der Waals surface area contributed by atoms with E-state index in [2.05, 4.69) is 6.92 Å². The van der Waals surface area contributed by atoms with Gasteiger partial charge in [-0.05, 0) is 32.6 Å². The SMILES string of the molecule is CCOC(OCC)C(=O)C1CCCCC1CC. The zero-order valence-corrected chi connectivity index (χ0v) is 11.4. The third kappa shape index (κ3) is 4.07. The van der Waals surface area contributed by atoms with Crippen LogP contribution in [-0.4, -0.2) is 25.3 Å². The molecule has 0 radical (unpaired) electrons. The van der Waals surface area contributed by atoms with Crippen LogP contribution in [0.4, 0.5) is 0 Å². The molecule has 3 nitrogen and oxygen atoms in total. The molecular weight excluding hydrogens is 216 g/mol. The summed E-state index contributed by atoms with van der Waals surface area (Å²) in [6.45, 7) is 7.03. The molecule has 1 aliphatic carbocycles. The average Bonchev–Trinajstić information content (AvgIpc) is 2.37. The highest BCUT2D eigenvalue weighted by Crippen LogP contribution is 2.33. The molecular formula is C14H26O3. The second-order valence-electron chi connectivity index (χ2n) is 4.70. The summed E-state index contributed by atoms with van der Waals surface area (Å²) >= 11 is 0. The first kappa shape index (κ1) is 14.7. The first-order valence-electron chi connectivity index (χ1n) is 7.01. The molecule has 100 valence electrons. The van der Waals surface area contributed by atoms with Crippen LogP contribution >= 0.6 is 0 Å². The van der Waals surface area contributed by atoms with E-state index in [0.717, 1.165) is 19.3 Å². The van der Waals surface area contributed by atoms with Crippen LogP contribution in [-0.2, 0) is 14.3 Å². The lowest BCUT2D eigenvalue weighted by molar-refractivity contribution is -0.174. The minimum Gasteiger partial charge on any atom is -0.346 e. The van der Waals surface area contributed by atoms with Crippen LogP contribution in [0.1, 0.15) is 52.9 Å². The van der Waals surface area contributed by atoms with Gasteiger partial charge >= 0.3 is 0 Å². The van der Waals surface area contributed by atoms with Gasteiger partial charge in [-0.25, -0.2) is 0 Å². The molecule has 1 fully saturated rings. The van der Waals surface area contributed by atoms with Gasteiger partial charge in [-0.3, -0.25) is 4.79 Å². The number of Topliss-reactive ketones (excluding diaryl/α,β-unsaturated/α-hetero) is 1. The van der Waals surface area contributed by atoms with Crippen molar-refractivity contribution >= 4 is 5.78 Å². The second-order valence-corrected chi connectivity index (χ2v) is 4.70. The Morgan fingerprint density at radius 2 is 1.71 bits per heavy atom. The first-order valence-corrected chi connectivity index (χ1v) is 7.01. The molecule has 0 N–H and O–H groups in total. The summed E-state index contributed by atoms with van der Waals surface area (Å²) in [5.41, 5.74) is 0. The molecule has 0 saturated heterocycles. The molecule has 0 amide bonds. The Balaban J connectivity index is 2.62. The smallest absolute Gasteiger partial charge is 0.218 e. The summed E-state index contributed by atoms with van der Waals surface area (Å²) < 4.78 is 10.8. The number of ether oxygens (including phenoxy) is 2. The Bertz CT molecular complexity index is 222. The van der Waals surface area contributed by atoms with E-state index in [9.17, 15) is 4.79 Å². The summed E-state index contributed by atoms with van der Waals surface area (Å²) in [7, 11) is 0. The van der Waals surface area contributed by atoms with Gasteiger partial charge < -0.3 is 9.47 Å². The van der Waals surface area contributed by atoms with Crippen LogP contribution in [0.5, 0.6) is 0 Å². The van der Waals surface area contributed by atoms with Crippen LogP contribution in [0, 0.1) is 11.8 Å². The van der Waals surface area contributed by atoms with Crippen molar-refractivity contribution in [2.24, 2.45) is 11.8 Å². The zero-order chi connectivity index (χ0) is 12.7. The monoisotopic (exact) mass is 242 g/mol. The van der Waals surface area contributed by atoms with Crippen LogP contribution in [0.15, 0.2) is 0 Å². The van der Waals surface area contributed by atoms with Gasteiger partial charge in [0.1, 0.15) is 0 Å². The van der Waals surface area contributed by atoms with Crippen molar-refractivity contribution in [3.8, 4) is 0 Å². The second kappa shape index (κ2) is 7.83. The molecule has 1 aliphatic rings. The normalized spacial score (nSPS) is 25.2. The fourth-order valence-electron chi connectivity index (χ4n) is 2.76. The summed E-state index contributed by atoms with van der Waals surface area (Å²) in [5.74, 6) is 0.844. The third-order valence-electron chi connectivity index (χ3n) is 3.67. The number of ketones is 1. The Kier molecular flexibility index (Phi) is 6.75. The number of hydrogen-bond donors (Lipinski definition) is 0. The van der Waals surface area contributed by atoms with Crippen LogP contribution in [0.2, 0.25) is 0 Å². The Hall–Kier alpha value is -0.410. The fourth-order valence-corrected chi connectivity index (χ4v) is 2.76. The van der Waals surface area contributed by atoms with E-state index in [1.807, 2.05) is 13.8 Å². The highest BCUT2D eigenvalue weighted by molar-refractivity contribution is 5.84. The van der Waals surface area contributed by atoms with Crippen LogP contribution < -0.4 is 0 Å². The van der Waals surface area contributed by atoms with Gasteiger partial charge in [-0.2, -0.15) is 0 Å². The molecule has 0 heterocycles. The van der Waals surface area contributed by atoms with E-state index in [1.54, 1.807) is 0 Å². The molecule has 0 aromatic carbocycles. The summed E-state index contributed by atoms with van der Waals surface area (Å²) in [5, 5.41) is 0. The zero-order valence-electron chi connectivity index (χ0n) is 11.4. The Morgan fingerprint density at radius 3 is 2.24 bits per heavy atom. The van der Waals surface area contributed by atoms with Crippen LogP contribution in [0.3, 0.4) is 0 Å². The van der Waals surface area contributed by atoms with Gasteiger partial charge in [-0.1, -0.05) is 26.2 Å². The van der Waals surface area contributed by atoms with Gasteiger partial charge in [-0.15, -0.1) is 0 Å². The lowest BCUT2D eigenvalue weighted by Crippen LogP contribution is -2.38. The predicted octanol–water partition coefficient (Wildman–Crippen LogP) is 3.17. The van der Waals surface area contributed by atoms with Gasteiger partial charge in [0.2, 0.25) is 6.29 Å². The van der Waals surface area contributed by atoms with Gasteiger partial charge in [0, 0.05) is 19.1 Å². The molecule has 2 unspecified atom stereocenters. The van der Waals surface area contributed by atoms with Crippen molar-refractivity contribution in [2.45, 2.75) is 59.2 Å². The van der Waals surface area contributed by atoms with Crippen molar-refractivity contribution in [2.75, 3.05) is 13.2 Å². The van der Waals surface area contributed by atoms with Crippen molar-refractivity contribution in [3.05, 3.63) is 0 Å². The molecule has 0 aromatic rings. The van der Waals surface area contributed by atoms with E-state index >= 15 is 0 Å². The van der Waals surface area contributed by atoms with E-state index in [-0.39, 0.29) is 11.7 Å². The lowest BCUT2D eigenvalue weighted by Gasteiger charge is -2.31. The quantitative estimate of drug-likeness (QED) is 0.643. The van der Waals surface area contributed by atoms with Crippen molar-refractivity contribution in [1.29, 1.82) is 0 Å². The minimum absolute atomic E-state index is 0.150. The van der Waals surface area contributed by atoms with Gasteiger partial charge in [0.15, 0.2) is 5.78 Å². The Labute approximate surface area is 105 Å². The average molecular weight is 242 g/mol. The van der Waals surface area contributed by atoms with Crippen molar-refractivity contribution in [3.63, 3.8) is 0 Å². The third-order valence-corrected chi connectivity index (χ3v) is 3.67. The maximum absolute atomic E-state index is 12.4. The molecule has 1 saturated carbocycles. The van der Waals surface area contributed by atoms with E-state index in [0.29, 0.717) is 19.1 Å². The Morgan fingerprint density at radius 1 is 1.12 bits per heavy atom. The molecule has 0 bridgehead atoms. The van der Waals surface area contributed by atoms with Gasteiger partial charge in [0.05, 0.1) is 0 Å². The number of hydrogen-bond acceptors (Lipinski definition) is 3. The molecule has 0 aliphatic heterocycles. The maximum atomic E-state index is 12.4. The summed E-state index contributed by atoms with van der Waals surface area (Å²) in [4.78, 5) is 12.4. The highest BCUT2D eigenvalue weighted by atomic mass is 16.7. The van der Waals surface area contributed by atoms with E-state index in [4.69, 9.17) is 9.47 Å². The molecule has 17 heavy (non-hydrogen) atoms. The maximum Gasteiger partial charge on any atom is 0.218 e. The molecule has 3 heteroatoms.